The van der Waals surface area contributed by atoms with Crippen LogP contribution >= 0.6 is 0 Å². The fourth-order valence-corrected chi connectivity index (χ4v) is 4.31. The van der Waals surface area contributed by atoms with Crippen molar-refractivity contribution in [2.75, 3.05) is 0 Å². The molecule has 0 aliphatic heterocycles. The third kappa shape index (κ3) is 2.15. The first-order valence-corrected chi connectivity index (χ1v) is 9.22. The fourth-order valence-electron chi connectivity index (χ4n) is 4.31. The largest absolute Gasteiger partial charge is 0.324 e. The minimum atomic E-state index is 1.03. The predicted octanol–water partition coefficient (Wildman–Crippen LogP) is 4.93. The van der Waals surface area contributed by atoms with E-state index >= 15 is 0 Å². The number of aryl methyl sites for hydroxylation is 4. The molecule has 4 aromatic rings. The first kappa shape index (κ1) is 15.4. The molecule has 0 amide bonds. The van der Waals surface area contributed by atoms with Crippen LogP contribution in [0.4, 0.5) is 0 Å². The number of fused-ring (bicyclic) bond motifs is 4. The van der Waals surface area contributed by atoms with Gasteiger partial charge in [-0.25, -0.2) is 4.57 Å². The van der Waals surface area contributed by atoms with Gasteiger partial charge < -0.3 is 4.40 Å². The first-order valence-electron chi connectivity index (χ1n) is 9.22. The highest BCUT2D eigenvalue weighted by Crippen LogP contribution is 2.40. The average Bonchev–Trinajstić information content (AvgIpc) is 3.18. The van der Waals surface area contributed by atoms with Gasteiger partial charge in [-0.2, -0.15) is 0 Å². The van der Waals surface area contributed by atoms with E-state index in [-0.39, 0.29) is 0 Å². The quantitative estimate of drug-likeness (QED) is 0.383. The molecule has 1 aromatic carbocycles. The number of nitrogens with zero attached hydrogens (tertiary/aromatic N) is 2. The summed E-state index contributed by atoms with van der Waals surface area (Å²) in [5, 5.41) is 0. The zero-order chi connectivity index (χ0) is 18.0. The SMILES string of the molecule is Cc1cc(-c2cc3c(cc2C)Cc2cn4cccc4cc2-3)[n+](C)cc1C. The summed E-state index contributed by atoms with van der Waals surface area (Å²) in [5.41, 5.74) is 13.5. The lowest BCUT2D eigenvalue weighted by Gasteiger charge is -2.10. The van der Waals surface area contributed by atoms with Crippen molar-refractivity contribution >= 4 is 5.52 Å². The molecule has 0 saturated carbocycles. The second-order valence-electron chi connectivity index (χ2n) is 7.69. The van der Waals surface area contributed by atoms with Crippen LogP contribution in [0.5, 0.6) is 0 Å². The second kappa shape index (κ2) is 5.31. The van der Waals surface area contributed by atoms with E-state index < -0.39 is 0 Å². The molecule has 128 valence electrons. The van der Waals surface area contributed by atoms with Crippen molar-refractivity contribution in [3.05, 3.63) is 82.8 Å². The van der Waals surface area contributed by atoms with Crippen LogP contribution in [0.1, 0.15) is 27.8 Å². The molecule has 26 heavy (non-hydrogen) atoms. The summed E-state index contributed by atoms with van der Waals surface area (Å²) in [4.78, 5) is 0. The van der Waals surface area contributed by atoms with Gasteiger partial charge in [-0.3, -0.25) is 0 Å². The molecule has 3 heterocycles. The highest BCUT2D eigenvalue weighted by molar-refractivity contribution is 5.83. The molecule has 0 spiro atoms. The molecular weight excluding hydrogens is 316 g/mol. The Labute approximate surface area is 154 Å². The van der Waals surface area contributed by atoms with E-state index in [1.807, 2.05) is 0 Å². The van der Waals surface area contributed by atoms with Crippen LogP contribution in [0, 0.1) is 20.8 Å². The van der Waals surface area contributed by atoms with Gasteiger partial charge in [-0.1, -0.05) is 6.07 Å². The predicted molar refractivity (Wildman–Crippen MR) is 106 cm³/mol. The van der Waals surface area contributed by atoms with Gasteiger partial charge in [0.25, 0.3) is 0 Å². The molecule has 1 aliphatic carbocycles. The van der Waals surface area contributed by atoms with Crippen LogP contribution in [0.25, 0.3) is 27.9 Å². The van der Waals surface area contributed by atoms with Crippen LogP contribution < -0.4 is 4.57 Å². The molecule has 3 aromatic heterocycles. The van der Waals surface area contributed by atoms with E-state index in [4.69, 9.17) is 0 Å². The second-order valence-corrected chi connectivity index (χ2v) is 7.69. The highest BCUT2D eigenvalue weighted by atomic mass is 14.9. The number of pyridine rings is 2. The maximum absolute atomic E-state index is 2.40. The lowest BCUT2D eigenvalue weighted by molar-refractivity contribution is -0.660. The number of benzene rings is 1. The lowest BCUT2D eigenvalue weighted by Crippen LogP contribution is -2.31. The van der Waals surface area contributed by atoms with Crippen LogP contribution in [-0.4, -0.2) is 4.40 Å². The summed E-state index contributed by atoms with van der Waals surface area (Å²) < 4.78 is 4.48. The Morgan fingerprint density at radius 3 is 2.50 bits per heavy atom. The molecule has 1 aliphatic rings. The Balaban J connectivity index is 1.74. The third-order valence-electron chi connectivity index (χ3n) is 5.88. The maximum Gasteiger partial charge on any atom is 0.212 e. The highest BCUT2D eigenvalue weighted by Gasteiger charge is 2.23. The molecule has 0 fully saturated rings. The van der Waals surface area contributed by atoms with Gasteiger partial charge in [0.05, 0.1) is 0 Å². The first-order chi connectivity index (χ1) is 12.5. The molecule has 2 heteroatoms. The Morgan fingerprint density at radius 2 is 1.65 bits per heavy atom. The van der Waals surface area contributed by atoms with E-state index in [1.165, 1.54) is 55.7 Å². The summed E-state index contributed by atoms with van der Waals surface area (Å²) >= 11 is 0. The molecular formula is C24H23N2+. The van der Waals surface area contributed by atoms with E-state index in [2.05, 4.69) is 91.8 Å². The van der Waals surface area contributed by atoms with Gasteiger partial charge in [0.15, 0.2) is 6.20 Å². The normalized spacial score (nSPS) is 12.5. The zero-order valence-corrected chi connectivity index (χ0v) is 15.8. The van der Waals surface area contributed by atoms with Gasteiger partial charge >= 0.3 is 0 Å². The topological polar surface area (TPSA) is 8.29 Å². The molecule has 0 atom stereocenters. The van der Waals surface area contributed by atoms with Crippen molar-refractivity contribution in [3.63, 3.8) is 0 Å². The minimum Gasteiger partial charge on any atom is -0.324 e. The van der Waals surface area contributed by atoms with Crippen molar-refractivity contribution in [2.45, 2.75) is 27.2 Å². The fraction of sp³-hybridized carbons (Fsp3) is 0.208. The number of rotatable bonds is 1. The van der Waals surface area contributed by atoms with Crippen molar-refractivity contribution < 1.29 is 4.57 Å². The zero-order valence-electron chi connectivity index (χ0n) is 15.8. The molecule has 0 radical (unpaired) electrons. The van der Waals surface area contributed by atoms with E-state index in [0.717, 1.165) is 6.42 Å². The molecule has 0 saturated heterocycles. The monoisotopic (exact) mass is 339 g/mol. The van der Waals surface area contributed by atoms with Crippen LogP contribution in [-0.2, 0) is 13.5 Å². The smallest absolute Gasteiger partial charge is 0.212 e. The summed E-state index contributed by atoms with van der Waals surface area (Å²) in [6.07, 6.45) is 7.68. The summed E-state index contributed by atoms with van der Waals surface area (Å²) in [6, 6.07) is 13.7. The Bertz CT molecular complexity index is 1190. The molecule has 0 unspecified atom stereocenters. The van der Waals surface area contributed by atoms with Crippen LogP contribution in [0.15, 0.2) is 55.0 Å². The lowest BCUT2D eigenvalue weighted by atomic mass is 9.95. The van der Waals surface area contributed by atoms with Gasteiger partial charge in [0, 0.05) is 41.5 Å². The maximum atomic E-state index is 2.40. The van der Waals surface area contributed by atoms with Crippen LogP contribution in [0.2, 0.25) is 0 Å². The molecule has 5 rings (SSSR count). The third-order valence-corrected chi connectivity index (χ3v) is 5.88. The van der Waals surface area contributed by atoms with Crippen molar-refractivity contribution in [1.29, 1.82) is 0 Å². The van der Waals surface area contributed by atoms with Gasteiger partial charge in [-0.15, -0.1) is 0 Å². The van der Waals surface area contributed by atoms with Crippen LogP contribution in [0.3, 0.4) is 0 Å². The van der Waals surface area contributed by atoms with Gasteiger partial charge in [0.2, 0.25) is 5.69 Å². The Hall–Kier alpha value is -2.87. The average molecular weight is 339 g/mol. The Kier molecular flexibility index (Phi) is 3.14. The van der Waals surface area contributed by atoms with E-state index in [0.29, 0.717) is 0 Å². The van der Waals surface area contributed by atoms with E-state index in [1.54, 1.807) is 0 Å². The van der Waals surface area contributed by atoms with Crippen molar-refractivity contribution in [2.24, 2.45) is 7.05 Å². The molecule has 0 N–H and O–H groups in total. The minimum absolute atomic E-state index is 1.03. The molecule has 0 bridgehead atoms. The Morgan fingerprint density at radius 1 is 0.846 bits per heavy atom. The van der Waals surface area contributed by atoms with Gasteiger partial charge in [0.1, 0.15) is 7.05 Å². The van der Waals surface area contributed by atoms with Gasteiger partial charge in [-0.05, 0) is 78.4 Å². The summed E-state index contributed by atoms with van der Waals surface area (Å²) in [6.45, 7) is 6.60. The van der Waals surface area contributed by atoms with E-state index in [9.17, 15) is 0 Å². The number of hydrogen-bond donors (Lipinski definition) is 0. The number of aromatic nitrogens is 2. The standard InChI is InChI=1S/C24H23N2/c1-15-9-24(25(4)13-17(15)3)21-12-23-18(8-16(21)2)10-19-14-26-7-5-6-20(26)11-22(19)23/h5-9,11-14H,10H2,1-4H3/q+1. The van der Waals surface area contributed by atoms with Crippen molar-refractivity contribution in [3.8, 4) is 22.4 Å². The summed E-state index contributed by atoms with van der Waals surface area (Å²) in [5.74, 6) is 0. The van der Waals surface area contributed by atoms with Crippen molar-refractivity contribution in [1.82, 2.24) is 4.40 Å². The number of hydrogen-bond acceptors (Lipinski definition) is 0. The summed E-state index contributed by atoms with van der Waals surface area (Å²) in [7, 11) is 2.15. The molecule has 2 nitrogen and oxygen atoms in total.